The lowest BCUT2D eigenvalue weighted by molar-refractivity contribution is -0.119. The number of anilines is 2. The van der Waals surface area contributed by atoms with Crippen LogP contribution in [0.25, 0.3) is 0 Å². The number of hydrogen-bond acceptors (Lipinski definition) is 5. The lowest BCUT2D eigenvalue weighted by Gasteiger charge is -2.38. The number of nitrogens with one attached hydrogen (secondary N) is 1. The van der Waals surface area contributed by atoms with Gasteiger partial charge >= 0.3 is 6.03 Å². The first-order chi connectivity index (χ1) is 14.1. The topological polar surface area (TPSA) is 85.3 Å². The van der Waals surface area contributed by atoms with Crippen molar-refractivity contribution in [2.24, 2.45) is 0 Å². The van der Waals surface area contributed by atoms with Gasteiger partial charge in [0, 0.05) is 50.9 Å². The average molecular weight is 405 g/mol. The molecule has 2 aliphatic heterocycles. The largest absolute Gasteiger partial charge is 0.495 e. The summed E-state index contributed by atoms with van der Waals surface area (Å²) in [5.41, 5.74) is 1.35. The van der Waals surface area contributed by atoms with Crippen molar-refractivity contribution in [3.8, 4) is 5.75 Å². The number of carbonyl (C=O) groups excluding carboxylic acids is 2. The number of piperidine rings is 1. The van der Waals surface area contributed by atoms with Gasteiger partial charge in [0.1, 0.15) is 5.75 Å². The molecule has 3 rings (SSSR count). The summed E-state index contributed by atoms with van der Waals surface area (Å²) < 4.78 is 5.44. The highest BCUT2D eigenvalue weighted by molar-refractivity contribution is 5.97. The van der Waals surface area contributed by atoms with Crippen LogP contribution in [0.1, 0.15) is 32.6 Å². The Labute approximate surface area is 172 Å². The molecule has 2 N–H and O–H groups in total. The third kappa shape index (κ3) is 5.00. The van der Waals surface area contributed by atoms with Crippen molar-refractivity contribution in [2.45, 2.75) is 38.6 Å². The molecule has 1 aromatic carbocycles. The molecule has 8 nitrogen and oxygen atoms in total. The van der Waals surface area contributed by atoms with Crippen LogP contribution in [0.3, 0.4) is 0 Å². The summed E-state index contributed by atoms with van der Waals surface area (Å²) in [6.07, 6.45) is 3.31. The minimum absolute atomic E-state index is 0.0866. The molecule has 1 aromatic rings. The number of aliphatic hydroxyl groups is 1. The monoisotopic (exact) mass is 404 g/mol. The SMILES string of the molecule is CCC(CO)N1CCN(C(=O)Nc2ccc(OC)c(N3CCCCC3=O)c2)CC1. The third-order valence-electron chi connectivity index (χ3n) is 5.84. The first-order valence-electron chi connectivity index (χ1n) is 10.5. The molecule has 1 unspecified atom stereocenters. The molecule has 8 heteroatoms. The third-order valence-corrected chi connectivity index (χ3v) is 5.84. The summed E-state index contributed by atoms with van der Waals surface area (Å²) in [7, 11) is 1.58. The molecule has 0 aliphatic carbocycles. The highest BCUT2D eigenvalue weighted by atomic mass is 16.5. The zero-order valence-corrected chi connectivity index (χ0v) is 17.4. The molecule has 2 fully saturated rings. The van der Waals surface area contributed by atoms with E-state index in [-0.39, 0.29) is 24.6 Å². The number of nitrogens with zero attached hydrogens (tertiary/aromatic N) is 3. The molecule has 1 atom stereocenters. The first kappa shape index (κ1) is 21.4. The second kappa shape index (κ2) is 9.93. The lowest BCUT2D eigenvalue weighted by atomic mass is 10.1. The molecule has 2 aliphatic rings. The Hall–Kier alpha value is -2.32. The first-order valence-corrected chi connectivity index (χ1v) is 10.5. The molecule has 3 amide bonds. The van der Waals surface area contributed by atoms with Crippen LogP contribution in [0.2, 0.25) is 0 Å². The number of hydrogen-bond donors (Lipinski definition) is 2. The van der Waals surface area contributed by atoms with Crippen LogP contribution < -0.4 is 15.0 Å². The van der Waals surface area contributed by atoms with E-state index >= 15 is 0 Å². The number of rotatable bonds is 6. The van der Waals surface area contributed by atoms with Gasteiger partial charge in [-0.05, 0) is 37.5 Å². The number of aliphatic hydroxyl groups excluding tert-OH is 1. The van der Waals surface area contributed by atoms with Gasteiger partial charge in [0.25, 0.3) is 0 Å². The van der Waals surface area contributed by atoms with E-state index in [2.05, 4.69) is 17.1 Å². The van der Waals surface area contributed by atoms with Crippen LogP contribution in [0, 0.1) is 0 Å². The summed E-state index contributed by atoms with van der Waals surface area (Å²) >= 11 is 0. The number of carbonyl (C=O) groups is 2. The molecule has 0 bridgehead atoms. The molecule has 160 valence electrons. The smallest absolute Gasteiger partial charge is 0.321 e. The molecule has 29 heavy (non-hydrogen) atoms. The van der Waals surface area contributed by atoms with Crippen molar-refractivity contribution in [2.75, 3.05) is 56.7 Å². The van der Waals surface area contributed by atoms with E-state index in [0.717, 1.165) is 32.4 Å². The Bertz CT molecular complexity index is 715. The number of piperazine rings is 1. The highest BCUT2D eigenvalue weighted by Gasteiger charge is 2.26. The summed E-state index contributed by atoms with van der Waals surface area (Å²) in [4.78, 5) is 30.8. The van der Waals surface area contributed by atoms with Crippen LogP contribution >= 0.6 is 0 Å². The Kier molecular flexibility index (Phi) is 7.33. The predicted octanol–water partition coefficient (Wildman–Crippen LogP) is 2.13. The van der Waals surface area contributed by atoms with Gasteiger partial charge in [-0.1, -0.05) is 6.92 Å². The number of ether oxygens (including phenoxy) is 1. The van der Waals surface area contributed by atoms with Gasteiger partial charge in [-0.25, -0.2) is 4.79 Å². The highest BCUT2D eigenvalue weighted by Crippen LogP contribution is 2.33. The summed E-state index contributed by atoms with van der Waals surface area (Å²) in [5.74, 6) is 0.713. The fourth-order valence-electron chi connectivity index (χ4n) is 4.03. The van der Waals surface area contributed by atoms with E-state index in [1.807, 2.05) is 6.07 Å². The maximum Gasteiger partial charge on any atom is 0.321 e. The van der Waals surface area contributed by atoms with E-state index < -0.39 is 0 Å². The normalized spacial score (nSPS) is 19.2. The Morgan fingerprint density at radius 3 is 2.59 bits per heavy atom. The fourth-order valence-corrected chi connectivity index (χ4v) is 4.03. The predicted molar refractivity (Wildman–Crippen MR) is 113 cm³/mol. The van der Waals surface area contributed by atoms with Crippen molar-refractivity contribution in [3.63, 3.8) is 0 Å². The minimum atomic E-state index is -0.150. The van der Waals surface area contributed by atoms with Crippen LogP contribution in [0.4, 0.5) is 16.2 Å². The van der Waals surface area contributed by atoms with Crippen molar-refractivity contribution in [1.82, 2.24) is 9.80 Å². The number of amides is 3. The molecule has 0 radical (unpaired) electrons. The van der Waals surface area contributed by atoms with Crippen molar-refractivity contribution >= 4 is 23.3 Å². The Morgan fingerprint density at radius 1 is 1.21 bits per heavy atom. The van der Waals surface area contributed by atoms with Crippen molar-refractivity contribution in [3.05, 3.63) is 18.2 Å². The quantitative estimate of drug-likeness (QED) is 0.759. The second-order valence-electron chi connectivity index (χ2n) is 7.59. The van der Waals surface area contributed by atoms with E-state index in [1.54, 1.807) is 29.0 Å². The van der Waals surface area contributed by atoms with E-state index in [0.29, 0.717) is 43.2 Å². The lowest BCUT2D eigenvalue weighted by Crippen LogP contribution is -2.53. The van der Waals surface area contributed by atoms with E-state index in [4.69, 9.17) is 4.74 Å². The van der Waals surface area contributed by atoms with Gasteiger partial charge in [0.2, 0.25) is 5.91 Å². The minimum Gasteiger partial charge on any atom is -0.495 e. The fraction of sp³-hybridized carbons (Fsp3) is 0.619. The van der Waals surface area contributed by atoms with Gasteiger partial charge in [-0.2, -0.15) is 0 Å². The van der Waals surface area contributed by atoms with Crippen LogP contribution in [0.15, 0.2) is 18.2 Å². The number of urea groups is 1. The zero-order valence-electron chi connectivity index (χ0n) is 17.4. The molecule has 2 saturated heterocycles. The van der Waals surface area contributed by atoms with Crippen LogP contribution in [-0.4, -0.2) is 79.3 Å². The number of benzene rings is 1. The summed E-state index contributed by atoms with van der Waals surface area (Å²) in [5, 5.41) is 12.4. The molecule has 2 heterocycles. The van der Waals surface area contributed by atoms with Gasteiger partial charge in [-0.3, -0.25) is 9.69 Å². The molecule has 0 saturated carbocycles. The molecular formula is C21H32N4O4. The van der Waals surface area contributed by atoms with Gasteiger partial charge < -0.3 is 25.0 Å². The van der Waals surface area contributed by atoms with Crippen LogP contribution in [-0.2, 0) is 4.79 Å². The standard InChI is InChI=1S/C21H32N4O4/c1-3-17(15-26)23-10-12-24(13-11-23)21(28)22-16-7-8-19(29-2)18(14-16)25-9-5-4-6-20(25)27/h7-8,14,17,26H,3-6,9-13,15H2,1-2H3,(H,22,28). The second-order valence-corrected chi connectivity index (χ2v) is 7.59. The summed E-state index contributed by atoms with van der Waals surface area (Å²) in [6, 6.07) is 5.41. The van der Waals surface area contributed by atoms with Crippen molar-refractivity contribution < 1.29 is 19.4 Å². The molecule has 0 spiro atoms. The van der Waals surface area contributed by atoms with Gasteiger partial charge in [-0.15, -0.1) is 0 Å². The molecular weight excluding hydrogens is 372 g/mol. The zero-order chi connectivity index (χ0) is 20.8. The van der Waals surface area contributed by atoms with Crippen LogP contribution in [0.5, 0.6) is 5.75 Å². The Morgan fingerprint density at radius 2 is 1.97 bits per heavy atom. The van der Waals surface area contributed by atoms with Crippen molar-refractivity contribution in [1.29, 1.82) is 0 Å². The Balaban J connectivity index is 1.65. The van der Waals surface area contributed by atoms with E-state index in [9.17, 15) is 14.7 Å². The van der Waals surface area contributed by atoms with Gasteiger partial charge in [0.05, 0.1) is 19.4 Å². The average Bonchev–Trinajstić information content (AvgIpc) is 2.75. The maximum absolute atomic E-state index is 12.7. The summed E-state index contributed by atoms with van der Waals surface area (Å²) in [6.45, 7) is 5.62. The van der Waals surface area contributed by atoms with Gasteiger partial charge in [0.15, 0.2) is 0 Å². The van der Waals surface area contributed by atoms with E-state index in [1.165, 1.54) is 0 Å². The number of methoxy groups -OCH3 is 1. The maximum atomic E-state index is 12.7. The molecule has 0 aromatic heterocycles.